The van der Waals surface area contributed by atoms with Gasteiger partial charge in [-0.05, 0) is 45.4 Å². The number of aromatic hydroxyl groups is 2. The van der Waals surface area contributed by atoms with Gasteiger partial charge in [0.1, 0.15) is 23.4 Å². The molecule has 178 valence electrons. The number of aliphatic hydroxyl groups excluding tert-OH is 1. The van der Waals surface area contributed by atoms with E-state index >= 15 is 0 Å². The molecule has 2 aromatic rings. The molecule has 0 aliphatic carbocycles. The fourth-order valence-corrected chi connectivity index (χ4v) is 4.07. The van der Waals surface area contributed by atoms with Crippen LogP contribution < -0.4 is 14.5 Å². The van der Waals surface area contributed by atoms with E-state index in [9.17, 15) is 35.1 Å². The van der Waals surface area contributed by atoms with Crippen molar-refractivity contribution in [3.05, 3.63) is 41.5 Å². The Morgan fingerprint density at radius 2 is 1.52 bits per heavy atom. The average molecular weight is 460 g/mol. The van der Waals surface area contributed by atoms with Crippen LogP contribution in [0.5, 0.6) is 17.2 Å². The second-order valence-corrected chi connectivity index (χ2v) is 8.49. The molecule has 10 nitrogen and oxygen atoms in total. The van der Waals surface area contributed by atoms with Crippen LogP contribution >= 0.6 is 0 Å². The van der Waals surface area contributed by atoms with Crippen LogP contribution in [0.1, 0.15) is 44.9 Å². The normalized spacial score (nSPS) is 17.4. The predicted octanol–water partition coefficient (Wildman–Crippen LogP) is 3.92. The Hall–Kier alpha value is -3.66. The lowest BCUT2D eigenvalue weighted by Gasteiger charge is -2.34. The van der Waals surface area contributed by atoms with Gasteiger partial charge in [-0.25, -0.2) is 9.59 Å². The van der Waals surface area contributed by atoms with E-state index in [2.05, 4.69) is 0 Å². The Balaban J connectivity index is 2.15. The highest BCUT2D eigenvalue weighted by Crippen LogP contribution is 2.43. The summed E-state index contributed by atoms with van der Waals surface area (Å²) in [6.45, 7) is 6.68. The smallest absolute Gasteiger partial charge is 0.412 e. The van der Waals surface area contributed by atoms with Crippen molar-refractivity contribution >= 4 is 23.6 Å². The van der Waals surface area contributed by atoms with Gasteiger partial charge in [-0.3, -0.25) is 9.80 Å². The molecule has 33 heavy (non-hydrogen) atoms. The Labute approximate surface area is 190 Å². The second-order valence-electron chi connectivity index (χ2n) is 8.49. The molecule has 1 aliphatic rings. The van der Waals surface area contributed by atoms with Crippen LogP contribution in [0.2, 0.25) is 0 Å². The fourth-order valence-electron chi connectivity index (χ4n) is 4.07. The number of ether oxygens (including phenoxy) is 1. The van der Waals surface area contributed by atoms with Crippen molar-refractivity contribution in [2.45, 2.75) is 58.4 Å². The van der Waals surface area contributed by atoms with E-state index < -0.39 is 36.5 Å². The summed E-state index contributed by atoms with van der Waals surface area (Å²) in [5.41, 5.74) is 1.07. The van der Waals surface area contributed by atoms with E-state index in [-0.39, 0.29) is 35.0 Å². The summed E-state index contributed by atoms with van der Waals surface area (Å²) in [5, 5.41) is 50.2. The Morgan fingerprint density at radius 3 is 2.06 bits per heavy atom. The maximum absolute atomic E-state index is 12.1. The van der Waals surface area contributed by atoms with Crippen LogP contribution in [0.15, 0.2) is 30.3 Å². The van der Waals surface area contributed by atoms with E-state index in [1.807, 2.05) is 0 Å². The number of hydrogen-bond acceptors (Lipinski definition) is 6. The van der Waals surface area contributed by atoms with Gasteiger partial charge in [0.2, 0.25) is 0 Å². The van der Waals surface area contributed by atoms with Gasteiger partial charge < -0.3 is 30.3 Å². The van der Waals surface area contributed by atoms with Crippen molar-refractivity contribution in [2.24, 2.45) is 0 Å². The third-order valence-electron chi connectivity index (χ3n) is 5.48. The molecule has 2 aromatic carbocycles. The zero-order valence-corrected chi connectivity index (χ0v) is 18.8. The molecule has 0 saturated carbocycles. The highest BCUT2D eigenvalue weighted by molar-refractivity contribution is 5.98. The summed E-state index contributed by atoms with van der Waals surface area (Å²) >= 11 is 0. The SMILES string of the molecule is CC(C)N(C(=O)O)c1ccc([C@H]2Oc3cc(O)cc(O)c3C[C@H]2O)cc1N(C(=O)O)C(C)C. The summed E-state index contributed by atoms with van der Waals surface area (Å²) < 4.78 is 5.88. The van der Waals surface area contributed by atoms with Crippen molar-refractivity contribution in [1.82, 2.24) is 0 Å². The number of phenolic OH excluding ortho intramolecular Hbond substituents is 2. The molecule has 3 rings (SSSR count). The first-order valence-corrected chi connectivity index (χ1v) is 10.5. The number of amides is 2. The number of anilines is 2. The molecule has 10 heteroatoms. The highest BCUT2D eigenvalue weighted by atomic mass is 16.5. The second kappa shape index (κ2) is 9.07. The number of carbonyl (C=O) groups is 2. The number of benzene rings is 2. The zero-order valence-electron chi connectivity index (χ0n) is 18.8. The van der Waals surface area contributed by atoms with E-state index in [0.717, 1.165) is 15.9 Å². The molecule has 0 spiro atoms. The standard InChI is InChI=1S/C23H28N2O8/c1-11(2)24(22(29)30)16-6-5-13(7-17(16)25(12(3)4)23(31)32)21-19(28)10-15-18(27)8-14(26)9-20(15)33-21/h5-9,11-12,19,21,26-28H,10H2,1-4H3,(H,29,30)(H,31,32)/t19-,21-/m1/s1. The summed E-state index contributed by atoms with van der Waals surface area (Å²) in [7, 11) is 0. The minimum Gasteiger partial charge on any atom is -0.508 e. The van der Waals surface area contributed by atoms with Gasteiger partial charge in [-0.15, -0.1) is 0 Å². The minimum absolute atomic E-state index is 0.0449. The Bertz CT molecular complexity index is 1070. The van der Waals surface area contributed by atoms with Crippen LogP contribution in [0.3, 0.4) is 0 Å². The molecule has 0 bridgehead atoms. The minimum atomic E-state index is -1.26. The van der Waals surface area contributed by atoms with Gasteiger partial charge in [0, 0.05) is 36.2 Å². The first kappa shape index (κ1) is 24.0. The van der Waals surface area contributed by atoms with Crippen molar-refractivity contribution in [3.8, 4) is 17.2 Å². The molecule has 0 aromatic heterocycles. The van der Waals surface area contributed by atoms with Crippen LogP contribution in [-0.2, 0) is 6.42 Å². The van der Waals surface area contributed by atoms with Gasteiger partial charge >= 0.3 is 12.2 Å². The maximum Gasteiger partial charge on any atom is 0.412 e. The number of aliphatic hydroxyl groups is 1. The first-order valence-electron chi connectivity index (χ1n) is 10.5. The highest BCUT2D eigenvalue weighted by Gasteiger charge is 2.34. The van der Waals surface area contributed by atoms with Gasteiger partial charge in [-0.2, -0.15) is 0 Å². The Kier molecular flexibility index (Phi) is 6.59. The van der Waals surface area contributed by atoms with Crippen LogP contribution in [0.4, 0.5) is 21.0 Å². The molecule has 0 saturated heterocycles. The number of fused-ring (bicyclic) bond motifs is 1. The fraction of sp³-hybridized carbons (Fsp3) is 0.391. The van der Waals surface area contributed by atoms with Gasteiger partial charge in [0.05, 0.1) is 17.5 Å². The Morgan fingerprint density at radius 1 is 0.939 bits per heavy atom. The topological polar surface area (TPSA) is 151 Å². The van der Waals surface area contributed by atoms with Crippen LogP contribution in [-0.4, -0.2) is 55.9 Å². The quantitative estimate of drug-likeness (QED) is 0.450. The summed E-state index contributed by atoms with van der Waals surface area (Å²) in [6.07, 6.45) is -4.47. The zero-order chi connectivity index (χ0) is 24.6. The summed E-state index contributed by atoms with van der Waals surface area (Å²) in [5.74, 6) is -0.213. The third-order valence-corrected chi connectivity index (χ3v) is 5.48. The van der Waals surface area contributed by atoms with E-state index in [1.165, 1.54) is 18.2 Å². The largest absolute Gasteiger partial charge is 0.508 e. The number of carboxylic acid groups (broad SMARTS) is 2. The van der Waals surface area contributed by atoms with Crippen molar-refractivity contribution in [3.63, 3.8) is 0 Å². The molecule has 1 aliphatic heterocycles. The molecular weight excluding hydrogens is 432 g/mol. The lowest BCUT2D eigenvalue weighted by atomic mass is 9.93. The number of nitrogens with zero attached hydrogens (tertiary/aromatic N) is 2. The van der Waals surface area contributed by atoms with Crippen molar-refractivity contribution < 1.29 is 39.9 Å². The number of rotatable bonds is 5. The van der Waals surface area contributed by atoms with Crippen LogP contribution in [0, 0.1) is 0 Å². The number of hydrogen-bond donors (Lipinski definition) is 5. The van der Waals surface area contributed by atoms with Crippen LogP contribution in [0.25, 0.3) is 0 Å². The van der Waals surface area contributed by atoms with E-state index in [1.54, 1.807) is 33.8 Å². The van der Waals surface area contributed by atoms with Gasteiger partial charge in [-0.1, -0.05) is 6.07 Å². The van der Waals surface area contributed by atoms with E-state index in [0.29, 0.717) is 11.1 Å². The molecular formula is C23H28N2O8. The predicted molar refractivity (Wildman–Crippen MR) is 121 cm³/mol. The monoisotopic (exact) mass is 460 g/mol. The van der Waals surface area contributed by atoms with Crippen molar-refractivity contribution in [1.29, 1.82) is 0 Å². The first-order chi connectivity index (χ1) is 15.4. The average Bonchev–Trinajstić information content (AvgIpc) is 2.68. The van der Waals surface area contributed by atoms with Gasteiger partial charge in [0.15, 0.2) is 0 Å². The lowest BCUT2D eigenvalue weighted by Crippen LogP contribution is -2.41. The lowest BCUT2D eigenvalue weighted by molar-refractivity contribution is 0.0198. The van der Waals surface area contributed by atoms with Gasteiger partial charge in [0.25, 0.3) is 0 Å². The molecule has 0 fully saturated rings. The summed E-state index contributed by atoms with van der Waals surface area (Å²) in [6, 6.07) is 6.05. The number of phenols is 2. The molecule has 0 radical (unpaired) electrons. The van der Waals surface area contributed by atoms with E-state index in [4.69, 9.17) is 4.74 Å². The molecule has 5 N–H and O–H groups in total. The third kappa shape index (κ3) is 4.61. The molecule has 1 heterocycles. The molecule has 2 amide bonds. The van der Waals surface area contributed by atoms with Crippen molar-refractivity contribution in [2.75, 3.05) is 9.80 Å². The molecule has 2 atom stereocenters. The molecule has 0 unspecified atom stereocenters. The summed E-state index contributed by atoms with van der Waals surface area (Å²) in [4.78, 5) is 26.1. The maximum atomic E-state index is 12.1.